The quantitative estimate of drug-likeness (QED) is 0.803. The van der Waals surface area contributed by atoms with Crippen LogP contribution in [0.1, 0.15) is 56.1 Å². The van der Waals surface area contributed by atoms with Gasteiger partial charge in [0.1, 0.15) is 0 Å². The zero-order chi connectivity index (χ0) is 19.4. The zero-order valence-corrected chi connectivity index (χ0v) is 16.7. The summed E-state index contributed by atoms with van der Waals surface area (Å²) >= 11 is 0. The van der Waals surface area contributed by atoms with Crippen molar-refractivity contribution in [1.29, 1.82) is 5.26 Å². The second-order valence-corrected chi connectivity index (χ2v) is 8.77. The maximum atomic E-state index is 12.5. The summed E-state index contributed by atoms with van der Waals surface area (Å²) in [6.45, 7) is 5.63. The van der Waals surface area contributed by atoms with Gasteiger partial charge < -0.3 is 9.64 Å². The van der Waals surface area contributed by atoms with Crippen LogP contribution in [0.15, 0.2) is 24.3 Å². The minimum atomic E-state index is -0.0286. The minimum Gasteiger partial charge on any atom is -0.375 e. The number of nitriles is 1. The van der Waals surface area contributed by atoms with Crippen LogP contribution in [0.3, 0.4) is 0 Å². The molecule has 3 aliphatic rings. The number of amides is 1. The fourth-order valence-electron chi connectivity index (χ4n) is 5.11. The molecule has 0 aromatic heterocycles. The van der Waals surface area contributed by atoms with Crippen LogP contribution in [-0.2, 0) is 16.1 Å². The van der Waals surface area contributed by atoms with E-state index < -0.39 is 0 Å². The Labute approximate surface area is 168 Å². The van der Waals surface area contributed by atoms with Crippen LogP contribution in [0.4, 0.5) is 0 Å². The van der Waals surface area contributed by atoms with Crippen LogP contribution >= 0.6 is 0 Å². The van der Waals surface area contributed by atoms with E-state index in [1.807, 2.05) is 18.2 Å². The molecule has 3 heterocycles. The van der Waals surface area contributed by atoms with Crippen LogP contribution in [0.2, 0.25) is 0 Å². The Morgan fingerprint density at radius 1 is 1.21 bits per heavy atom. The highest BCUT2D eigenvalue weighted by Crippen LogP contribution is 2.39. The first-order valence-corrected chi connectivity index (χ1v) is 10.8. The van der Waals surface area contributed by atoms with Gasteiger partial charge in [0, 0.05) is 45.8 Å². The van der Waals surface area contributed by atoms with E-state index in [2.05, 4.69) is 21.9 Å². The van der Waals surface area contributed by atoms with Gasteiger partial charge in [-0.2, -0.15) is 5.26 Å². The fourth-order valence-corrected chi connectivity index (χ4v) is 5.11. The number of carbonyl (C=O) groups excluding carboxylic acids is 1. The van der Waals surface area contributed by atoms with Crippen molar-refractivity contribution in [3.05, 3.63) is 35.4 Å². The average molecular weight is 382 g/mol. The second-order valence-electron chi connectivity index (χ2n) is 8.77. The van der Waals surface area contributed by atoms with Gasteiger partial charge in [0.2, 0.25) is 5.91 Å². The molecule has 0 aliphatic carbocycles. The molecule has 150 valence electrons. The number of likely N-dealkylation sites (tertiary alicyclic amines) is 2. The van der Waals surface area contributed by atoms with Crippen molar-refractivity contribution in [1.82, 2.24) is 9.80 Å². The molecule has 3 saturated heterocycles. The molecule has 0 N–H and O–H groups in total. The molecule has 3 fully saturated rings. The van der Waals surface area contributed by atoms with Gasteiger partial charge in [0.25, 0.3) is 0 Å². The lowest BCUT2D eigenvalue weighted by Crippen LogP contribution is -2.49. The molecule has 5 nitrogen and oxygen atoms in total. The topological polar surface area (TPSA) is 56.6 Å². The van der Waals surface area contributed by atoms with Gasteiger partial charge in [-0.3, -0.25) is 9.69 Å². The molecule has 0 bridgehead atoms. The lowest BCUT2D eigenvalue weighted by Gasteiger charge is -2.46. The molecule has 28 heavy (non-hydrogen) atoms. The molecule has 3 aliphatic heterocycles. The summed E-state index contributed by atoms with van der Waals surface area (Å²) in [5.41, 5.74) is 1.90. The molecule has 1 spiro atoms. The van der Waals surface area contributed by atoms with Crippen molar-refractivity contribution in [3.8, 4) is 6.07 Å². The van der Waals surface area contributed by atoms with Crippen molar-refractivity contribution >= 4 is 5.91 Å². The fraction of sp³-hybridized carbons (Fsp3) is 0.652. The van der Waals surface area contributed by atoms with Gasteiger partial charge in [-0.15, -0.1) is 0 Å². The Hall–Kier alpha value is -1.90. The number of piperidine rings is 1. The van der Waals surface area contributed by atoms with Gasteiger partial charge in [0.15, 0.2) is 0 Å². The number of ether oxygens (including phenoxy) is 1. The summed E-state index contributed by atoms with van der Waals surface area (Å²) in [5.74, 6) is 0.829. The van der Waals surface area contributed by atoms with Crippen molar-refractivity contribution in [2.45, 2.75) is 57.1 Å². The molecule has 1 aromatic rings. The third-order valence-corrected chi connectivity index (χ3v) is 6.75. The number of nitrogens with zero attached hydrogens (tertiary/aromatic N) is 3. The first-order chi connectivity index (χ1) is 13.7. The Morgan fingerprint density at radius 2 is 2.00 bits per heavy atom. The molecule has 1 atom stereocenters. The largest absolute Gasteiger partial charge is 0.375 e. The van der Waals surface area contributed by atoms with Crippen LogP contribution in [0, 0.1) is 17.2 Å². The molecule has 1 unspecified atom stereocenters. The van der Waals surface area contributed by atoms with Crippen molar-refractivity contribution in [2.75, 3.05) is 32.8 Å². The van der Waals surface area contributed by atoms with E-state index in [-0.39, 0.29) is 5.60 Å². The van der Waals surface area contributed by atoms with Gasteiger partial charge in [-0.05, 0) is 62.1 Å². The van der Waals surface area contributed by atoms with Crippen molar-refractivity contribution in [2.24, 2.45) is 5.92 Å². The molecular weight excluding hydrogens is 350 g/mol. The predicted octanol–water partition coefficient (Wildman–Crippen LogP) is 3.33. The molecule has 4 rings (SSSR count). The highest BCUT2D eigenvalue weighted by atomic mass is 16.5. The van der Waals surface area contributed by atoms with E-state index in [0.717, 1.165) is 83.4 Å². The maximum absolute atomic E-state index is 12.5. The summed E-state index contributed by atoms with van der Waals surface area (Å²) in [5, 5.41) is 9.08. The number of hydrogen-bond donors (Lipinski definition) is 0. The smallest absolute Gasteiger partial charge is 0.222 e. The predicted molar refractivity (Wildman–Crippen MR) is 108 cm³/mol. The molecule has 5 heteroatoms. The Morgan fingerprint density at radius 3 is 2.75 bits per heavy atom. The molecule has 1 amide bonds. The maximum Gasteiger partial charge on any atom is 0.222 e. The Bertz CT molecular complexity index is 728. The number of benzene rings is 1. The average Bonchev–Trinajstić information content (AvgIpc) is 3.25. The second kappa shape index (κ2) is 8.63. The van der Waals surface area contributed by atoms with Gasteiger partial charge in [0.05, 0.1) is 17.2 Å². The zero-order valence-electron chi connectivity index (χ0n) is 16.7. The highest BCUT2D eigenvalue weighted by Gasteiger charge is 2.41. The third-order valence-electron chi connectivity index (χ3n) is 6.75. The molecule has 0 radical (unpaired) electrons. The number of carbonyl (C=O) groups is 1. The number of rotatable bonds is 4. The molecular formula is C23H31N3O2. The molecule has 1 aromatic carbocycles. The van der Waals surface area contributed by atoms with Crippen LogP contribution in [0.5, 0.6) is 0 Å². The van der Waals surface area contributed by atoms with E-state index in [1.165, 1.54) is 5.56 Å². The van der Waals surface area contributed by atoms with E-state index in [1.54, 1.807) is 0 Å². The van der Waals surface area contributed by atoms with E-state index in [0.29, 0.717) is 18.2 Å². The van der Waals surface area contributed by atoms with Gasteiger partial charge >= 0.3 is 0 Å². The van der Waals surface area contributed by atoms with E-state index >= 15 is 0 Å². The SMILES string of the molecule is N#Cc1cccc(CN2CCC3(CC2)CC(CC(=O)N2CCCC2)CCO3)c1. The summed E-state index contributed by atoms with van der Waals surface area (Å²) < 4.78 is 6.28. The van der Waals surface area contributed by atoms with Crippen LogP contribution in [-0.4, -0.2) is 54.1 Å². The van der Waals surface area contributed by atoms with Gasteiger partial charge in [-0.1, -0.05) is 12.1 Å². The number of hydrogen-bond acceptors (Lipinski definition) is 4. The lowest BCUT2D eigenvalue weighted by molar-refractivity contribution is -0.141. The van der Waals surface area contributed by atoms with Crippen LogP contribution in [0.25, 0.3) is 0 Å². The summed E-state index contributed by atoms with van der Waals surface area (Å²) in [6.07, 6.45) is 7.16. The first kappa shape index (κ1) is 19.4. The van der Waals surface area contributed by atoms with E-state index in [4.69, 9.17) is 10.00 Å². The highest BCUT2D eigenvalue weighted by molar-refractivity contribution is 5.76. The lowest BCUT2D eigenvalue weighted by atomic mass is 9.78. The van der Waals surface area contributed by atoms with Crippen molar-refractivity contribution < 1.29 is 9.53 Å². The minimum absolute atomic E-state index is 0.0286. The summed E-state index contributed by atoms with van der Waals surface area (Å²) in [7, 11) is 0. The Kier molecular flexibility index (Phi) is 5.99. The van der Waals surface area contributed by atoms with E-state index in [9.17, 15) is 4.79 Å². The van der Waals surface area contributed by atoms with Gasteiger partial charge in [-0.25, -0.2) is 0 Å². The first-order valence-electron chi connectivity index (χ1n) is 10.8. The summed E-state index contributed by atoms with van der Waals surface area (Å²) in [4.78, 5) is 17.1. The summed E-state index contributed by atoms with van der Waals surface area (Å²) in [6, 6.07) is 10.1. The van der Waals surface area contributed by atoms with Crippen LogP contribution < -0.4 is 0 Å². The van der Waals surface area contributed by atoms with Crippen molar-refractivity contribution in [3.63, 3.8) is 0 Å². The Balaban J connectivity index is 1.29. The standard InChI is InChI=1S/C23H31N3O2/c24-17-20-4-3-5-21(14-20)18-25-11-7-23(8-12-25)16-19(6-13-28-23)15-22(27)26-9-1-2-10-26/h3-5,14,19H,1-2,6-13,15-16,18H2. The molecule has 0 saturated carbocycles. The normalized spacial score (nSPS) is 25.0. The third kappa shape index (κ3) is 4.56. The monoisotopic (exact) mass is 381 g/mol.